The fraction of sp³-hybridized carbons (Fsp3) is 0.824. The Hall–Kier alpha value is -1.47. The summed E-state index contributed by atoms with van der Waals surface area (Å²) in [6.45, 7) is 14.4. The van der Waals surface area contributed by atoms with Gasteiger partial charge in [-0.25, -0.2) is 4.68 Å². The van der Waals surface area contributed by atoms with E-state index in [2.05, 4.69) is 49.8 Å². The summed E-state index contributed by atoms with van der Waals surface area (Å²) in [6, 6.07) is -0.459. The van der Waals surface area contributed by atoms with E-state index >= 15 is 0 Å². The monoisotopic (exact) mass is 336 g/mol. The fourth-order valence-corrected chi connectivity index (χ4v) is 3.11. The van der Waals surface area contributed by atoms with Crippen LogP contribution in [0.4, 0.5) is 0 Å². The van der Waals surface area contributed by atoms with E-state index in [4.69, 9.17) is 5.73 Å². The average Bonchev–Trinajstić information content (AvgIpc) is 2.94. The highest BCUT2D eigenvalue weighted by Crippen LogP contribution is 2.18. The number of amides is 1. The van der Waals surface area contributed by atoms with Crippen LogP contribution in [0.5, 0.6) is 0 Å². The van der Waals surface area contributed by atoms with Crippen LogP contribution in [-0.2, 0) is 11.2 Å². The summed E-state index contributed by atoms with van der Waals surface area (Å²) in [7, 11) is 0. The third-order valence-electron chi connectivity index (χ3n) is 4.54. The van der Waals surface area contributed by atoms with Gasteiger partial charge < -0.3 is 10.6 Å². The number of aromatic nitrogens is 3. The first kappa shape index (κ1) is 18.9. The summed E-state index contributed by atoms with van der Waals surface area (Å²) in [5.41, 5.74) is 6.92. The molecule has 0 aromatic carbocycles. The molecule has 0 radical (unpaired) electrons. The predicted molar refractivity (Wildman–Crippen MR) is 94.6 cm³/mol. The molecule has 1 aromatic rings. The van der Waals surface area contributed by atoms with Crippen LogP contribution in [-0.4, -0.2) is 69.0 Å². The number of hydrogen-bond acceptors (Lipinski definition) is 5. The van der Waals surface area contributed by atoms with E-state index in [9.17, 15) is 4.79 Å². The zero-order valence-electron chi connectivity index (χ0n) is 15.7. The van der Waals surface area contributed by atoms with E-state index < -0.39 is 6.04 Å². The number of nitrogens with two attached hydrogens (primary N) is 1. The van der Waals surface area contributed by atoms with E-state index in [1.165, 1.54) is 0 Å². The molecule has 0 unspecified atom stereocenters. The average molecular weight is 336 g/mol. The first-order valence-electron chi connectivity index (χ1n) is 8.87. The summed E-state index contributed by atoms with van der Waals surface area (Å²) < 4.78 is 1.64. The lowest BCUT2D eigenvalue weighted by Gasteiger charge is -2.42. The van der Waals surface area contributed by atoms with Crippen molar-refractivity contribution in [3.05, 3.63) is 11.9 Å². The summed E-state index contributed by atoms with van der Waals surface area (Å²) in [5.74, 6) is 0.555. The Balaban J connectivity index is 2.01. The van der Waals surface area contributed by atoms with Gasteiger partial charge in [-0.15, -0.1) is 5.10 Å². The van der Waals surface area contributed by atoms with Crippen molar-refractivity contribution in [2.45, 2.75) is 52.6 Å². The van der Waals surface area contributed by atoms with E-state index in [0.29, 0.717) is 5.92 Å². The van der Waals surface area contributed by atoms with Gasteiger partial charge in [-0.1, -0.05) is 19.1 Å². The second-order valence-electron chi connectivity index (χ2n) is 8.02. The Kier molecular flexibility index (Phi) is 5.98. The Morgan fingerprint density at radius 3 is 2.38 bits per heavy atom. The van der Waals surface area contributed by atoms with Crippen LogP contribution in [0.1, 0.15) is 46.4 Å². The van der Waals surface area contributed by atoms with Crippen LogP contribution >= 0.6 is 0 Å². The van der Waals surface area contributed by atoms with Gasteiger partial charge in [0.2, 0.25) is 5.91 Å². The Labute approximate surface area is 145 Å². The molecule has 0 spiro atoms. The lowest BCUT2D eigenvalue weighted by molar-refractivity contribution is -0.137. The van der Waals surface area contributed by atoms with Crippen LogP contribution in [0.25, 0.3) is 0 Å². The molecule has 0 saturated carbocycles. The summed E-state index contributed by atoms with van der Waals surface area (Å²) in [4.78, 5) is 17.2. The van der Waals surface area contributed by atoms with Gasteiger partial charge in [-0.2, -0.15) is 0 Å². The SMILES string of the molecule is CC(C)Cc1cn([C@@H](CN)C(=O)N2CCN(C(C)(C)C)CC2)nn1. The summed E-state index contributed by atoms with van der Waals surface area (Å²) >= 11 is 0. The van der Waals surface area contributed by atoms with Crippen molar-refractivity contribution < 1.29 is 4.79 Å². The molecule has 7 heteroatoms. The second-order valence-corrected chi connectivity index (χ2v) is 8.02. The molecule has 136 valence electrons. The van der Waals surface area contributed by atoms with Gasteiger partial charge in [0.15, 0.2) is 0 Å². The maximum atomic E-state index is 12.9. The van der Waals surface area contributed by atoms with Crippen molar-refractivity contribution in [2.75, 3.05) is 32.7 Å². The van der Waals surface area contributed by atoms with Crippen LogP contribution in [0.15, 0.2) is 6.20 Å². The zero-order valence-corrected chi connectivity index (χ0v) is 15.7. The fourth-order valence-electron chi connectivity index (χ4n) is 3.11. The van der Waals surface area contributed by atoms with Crippen LogP contribution in [0.2, 0.25) is 0 Å². The molecule has 1 aromatic heterocycles. The standard InChI is InChI=1S/C17H32N6O/c1-13(2)10-14-12-23(20-19-14)15(11-18)16(24)21-6-8-22(9-7-21)17(3,4)5/h12-13,15H,6-11,18H2,1-5H3/t15-/m0/s1. The Morgan fingerprint density at radius 1 is 1.25 bits per heavy atom. The summed E-state index contributed by atoms with van der Waals surface area (Å²) in [6.07, 6.45) is 2.72. The van der Waals surface area contributed by atoms with Crippen molar-refractivity contribution in [1.29, 1.82) is 0 Å². The molecule has 0 bridgehead atoms. The lowest BCUT2D eigenvalue weighted by atomic mass is 10.0. The van der Waals surface area contributed by atoms with E-state index in [1.807, 2.05) is 11.1 Å². The topological polar surface area (TPSA) is 80.3 Å². The highest BCUT2D eigenvalue weighted by molar-refractivity contribution is 5.80. The number of carbonyl (C=O) groups excluding carboxylic acids is 1. The molecule has 24 heavy (non-hydrogen) atoms. The molecule has 1 aliphatic rings. The maximum absolute atomic E-state index is 12.9. The number of rotatable bonds is 5. The van der Waals surface area contributed by atoms with Crippen molar-refractivity contribution in [3.8, 4) is 0 Å². The third kappa shape index (κ3) is 4.54. The zero-order chi connectivity index (χ0) is 17.9. The highest BCUT2D eigenvalue weighted by Gasteiger charge is 2.31. The molecule has 1 atom stereocenters. The molecular weight excluding hydrogens is 304 g/mol. The first-order chi connectivity index (χ1) is 11.2. The quantitative estimate of drug-likeness (QED) is 0.865. The number of nitrogens with zero attached hydrogens (tertiary/aromatic N) is 5. The van der Waals surface area contributed by atoms with Crippen molar-refractivity contribution >= 4 is 5.91 Å². The molecule has 1 amide bonds. The second kappa shape index (κ2) is 7.61. The molecule has 1 saturated heterocycles. The van der Waals surface area contributed by atoms with Gasteiger partial charge in [0.1, 0.15) is 6.04 Å². The van der Waals surface area contributed by atoms with E-state index in [-0.39, 0.29) is 18.0 Å². The Bertz CT molecular complexity index is 540. The van der Waals surface area contributed by atoms with Crippen LogP contribution in [0, 0.1) is 5.92 Å². The van der Waals surface area contributed by atoms with Crippen LogP contribution < -0.4 is 5.73 Å². The van der Waals surface area contributed by atoms with Crippen molar-refractivity contribution in [1.82, 2.24) is 24.8 Å². The molecule has 1 fully saturated rings. The predicted octanol–water partition coefficient (Wildman–Crippen LogP) is 0.919. The number of carbonyl (C=O) groups is 1. The van der Waals surface area contributed by atoms with E-state index in [1.54, 1.807) is 4.68 Å². The van der Waals surface area contributed by atoms with Gasteiger partial charge >= 0.3 is 0 Å². The first-order valence-corrected chi connectivity index (χ1v) is 8.87. The minimum absolute atomic E-state index is 0.0482. The van der Waals surface area contributed by atoms with Crippen molar-refractivity contribution in [3.63, 3.8) is 0 Å². The molecule has 2 rings (SSSR count). The largest absolute Gasteiger partial charge is 0.338 e. The van der Waals surface area contributed by atoms with Gasteiger partial charge in [-0.3, -0.25) is 9.69 Å². The Morgan fingerprint density at radius 2 is 1.88 bits per heavy atom. The van der Waals surface area contributed by atoms with Gasteiger partial charge in [0.05, 0.1) is 5.69 Å². The summed E-state index contributed by atoms with van der Waals surface area (Å²) in [5, 5.41) is 8.31. The minimum atomic E-state index is -0.459. The van der Waals surface area contributed by atoms with Gasteiger partial charge in [-0.05, 0) is 33.1 Å². The minimum Gasteiger partial charge on any atom is -0.338 e. The normalized spacial score (nSPS) is 18.2. The molecule has 0 aliphatic carbocycles. The molecular formula is C17H32N6O. The molecule has 2 N–H and O–H groups in total. The molecule has 7 nitrogen and oxygen atoms in total. The van der Waals surface area contributed by atoms with Crippen LogP contribution in [0.3, 0.4) is 0 Å². The highest BCUT2D eigenvalue weighted by atomic mass is 16.2. The van der Waals surface area contributed by atoms with Gasteiger partial charge in [0, 0.05) is 44.5 Å². The van der Waals surface area contributed by atoms with E-state index in [0.717, 1.165) is 38.3 Å². The maximum Gasteiger partial charge on any atom is 0.248 e. The van der Waals surface area contributed by atoms with Gasteiger partial charge in [0.25, 0.3) is 0 Å². The lowest BCUT2D eigenvalue weighted by Crippen LogP contribution is -2.56. The number of piperazine rings is 1. The smallest absolute Gasteiger partial charge is 0.248 e. The number of hydrogen-bond donors (Lipinski definition) is 1. The van der Waals surface area contributed by atoms with Crippen molar-refractivity contribution in [2.24, 2.45) is 11.7 Å². The third-order valence-corrected chi connectivity index (χ3v) is 4.54. The molecule has 1 aliphatic heterocycles. The molecule has 2 heterocycles.